The third-order valence-electron chi connectivity index (χ3n) is 3.78. The van der Waals surface area contributed by atoms with Gasteiger partial charge in [-0.05, 0) is 18.6 Å². The van der Waals surface area contributed by atoms with Gasteiger partial charge in [-0.1, -0.05) is 25.1 Å². The zero-order valence-electron chi connectivity index (χ0n) is 13.0. The van der Waals surface area contributed by atoms with Crippen molar-refractivity contribution < 1.29 is 17.4 Å². The van der Waals surface area contributed by atoms with E-state index in [2.05, 4.69) is 9.97 Å². The van der Waals surface area contributed by atoms with E-state index in [1.165, 1.54) is 6.07 Å². The summed E-state index contributed by atoms with van der Waals surface area (Å²) in [5.41, 5.74) is 10.3. The summed E-state index contributed by atoms with van der Waals surface area (Å²) in [7, 11) is 0. The minimum atomic E-state index is -4.72. The van der Waals surface area contributed by atoms with Crippen LogP contribution in [0, 0.1) is 0 Å². The Bertz CT molecular complexity index is 767. The van der Waals surface area contributed by atoms with Crippen LogP contribution < -0.4 is 11.5 Å². The van der Waals surface area contributed by atoms with Crippen molar-refractivity contribution in [2.75, 3.05) is 11.5 Å². The van der Waals surface area contributed by atoms with Gasteiger partial charge in [-0.15, -0.1) is 0 Å². The Balaban J connectivity index is 2.63. The van der Waals surface area contributed by atoms with Crippen LogP contribution in [-0.4, -0.2) is 15.2 Å². The molecule has 0 aliphatic heterocycles. The van der Waals surface area contributed by atoms with E-state index >= 15 is 0 Å². The van der Waals surface area contributed by atoms with Gasteiger partial charge in [0.05, 0.1) is 5.69 Å². The van der Waals surface area contributed by atoms with Gasteiger partial charge in [-0.3, -0.25) is 0 Å². The predicted octanol–water partition coefficient (Wildman–Crippen LogP) is 3.25. The standard InChI is InChI=1S/C15H16F3N4OS/c1-7(8(2)24-23)9-4-3-5-10(6-9)12-11(15(16,17)18)13(19)22-14(20)21-12/h3-8H,1-2H3,(H4,19,20,21,22)/q+1. The van der Waals surface area contributed by atoms with E-state index in [1.54, 1.807) is 25.1 Å². The van der Waals surface area contributed by atoms with Crippen molar-refractivity contribution in [1.82, 2.24) is 9.97 Å². The molecule has 2 atom stereocenters. The molecule has 0 saturated heterocycles. The molecule has 128 valence electrons. The SMILES string of the molecule is CC([S+]=O)C(C)c1cccc(-c2nc(N)nc(N)c2C(F)(F)F)c1. The topological polar surface area (TPSA) is 94.9 Å². The molecule has 0 spiro atoms. The van der Waals surface area contributed by atoms with Gasteiger partial charge in [0.15, 0.2) is 0 Å². The highest BCUT2D eigenvalue weighted by Gasteiger charge is 2.38. The van der Waals surface area contributed by atoms with Crippen LogP contribution >= 0.6 is 0 Å². The summed E-state index contributed by atoms with van der Waals surface area (Å²) in [6, 6.07) is 6.41. The Morgan fingerprint density at radius 3 is 2.42 bits per heavy atom. The second kappa shape index (κ2) is 6.68. The van der Waals surface area contributed by atoms with E-state index in [1.807, 2.05) is 6.92 Å². The molecule has 24 heavy (non-hydrogen) atoms. The van der Waals surface area contributed by atoms with Crippen molar-refractivity contribution in [3.05, 3.63) is 35.4 Å². The van der Waals surface area contributed by atoms with Crippen LogP contribution in [0.25, 0.3) is 11.3 Å². The van der Waals surface area contributed by atoms with Crippen molar-refractivity contribution >= 4 is 23.4 Å². The molecule has 9 heteroatoms. The fourth-order valence-corrected chi connectivity index (χ4v) is 2.63. The quantitative estimate of drug-likeness (QED) is 0.819. The van der Waals surface area contributed by atoms with Crippen LogP contribution in [0.5, 0.6) is 0 Å². The molecule has 1 heterocycles. The van der Waals surface area contributed by atoms with Gasteiger partial charge in [0.2, 0.25) is 11.2 Å². The van der Waals surface area contributed by atoms with E-state index in [-0.39, 0.29) is 28.4 Å². The van der Waals surface area contributed by atoms with E-state index in [9.17, 15) is 17.4 Å². The number of aromatic nitrogens is 2. The summed E-state index contributed by atoms with van der Waals surface area (Å²) in [6.45, 7) is 3.60. The third kappa shape index (κ3) is 3.61. The van der Waals surface area contributed by atoms with Crippen molar-refractivity contribution in [3.8, 4) is 11.3 Å². The Morgan fingerprint density at radius 1 is 1.17 bits per heavy atom. The summed E-state index contributed by atoms with van der Waals surface area (Å²) in [5.74, 6) is -1.19. The number of hydrogen-bond acceptors (Lipinski definition) is 5. The lowest BCUT2D eigenvalue weighted by Gasteiger charge is -2.16. The Kier molecular flexibility index (Phi) is 5.02. The molecule has 0 aliphatic carbocycles. The van der Waals surface area contributed by atoms with Crippen molar-refractivity contribution in [1.29, 1.82) is 0 Å². The van der Waals surface area contributed by atoms with Gasteiger partial charge in [-0.2, -0.15) is 18.2 Å². The van der Waals surface area contributed by atoms with Gasteiger partial charge in [0.1, 0.15) is 11.4 Å². The first-order chi connectivity index (χ1) is 11.1. The summed E-state index contributed by atoms with van der Waals surface area (Å²) < 4.78 is 51.0. The van der Waals surface area contributed by atoms with Gasteiger partial charge < -0.3 is 11.5 Å². The van der Waals surface area contributed by atoms with E-state index in [4.69, 9.17) is 11.5 Å². The van der Waals surface area contributed by atoms with Crippen LogP contribution in [0.3, 0.4) is 0 Å². The highest BCUT2D eigenvalue weighted by Crippen LogP contribution is 2.40. The fourth-order valence-electron chi connectivity index (χ4n) is 2.31. The summed E-state index contributed by atoms with van der Waals surface area (Å²) in [5, 5.41) is -0.233. The van der Waals surface area contributed by atoms with E-state index < -0.39 is 17.6 Å². The number of nitrogen functional groups attached to an aromatic ring is 2. The normalized spacial score (nSPS) is 14.2. The van der Waals surface area contributed by atoms with Crippen LogP contribution in [0.4, 0.5) is 24.9 Å². The summed E-state index contributed by atoms with van der Waals surface area (Å²) in [4.78, 5) is 7.14. The monoisotopic (exact) mass is 357 g/mol. The molecule has 0 bridgehead atoms. The molecule has 2 unspecified atom stereocenters. The van der Waals surface area contributed by atoms with E-state index in [0.29, 0.717) is 11.7 Å². The average Bonchev–Trinajstić information content (AvgIpc) is 2.51. The molecular formula is C15H16F3N4OS+. The number of hydrogen-bond donors (Lipinski definition) is 2. The van der Waals surface area contributed by atoms with Gasteiger partial charge in [0.25, 0.3) is 0 Å². The first kappa shape index (κ1) is 18.1. The maximum atomic E-state index is 13.3. The first-order valence-corrected chi connectivity index (χ1v) is 7.84. The minimum absolute atomic E-state index is 0.140. The molecule has 2 aromatic rings. The molecule has 1 aromatic carbocycles. The van der Waals surface area contributed by atoms with Crippen LogP contribution in [0.2, 0.25) is 0 Å². The molecule has 2 rings (SSSR count). The largest absolute Gasteiger partial charge is 0.462 e. The molecule has 0 aliphatic rings. The second-order valence-corrected chi connectivity index (χ2v) is 6.34. The van der Waals surface area contributed by atoms with Gasteiger partial charge in [0, 0.05) is 15.7 Å². The van der Waals surface area contributed by atoms with Gasteiger partial charge in [-0.25, -0.2) is 4.98 Å². The van der Waals surface area contributed by atoms with Crippen LogP contribution in [-0.2, 0) is 22.1 Å². The highest BCUT2D eigenvalue weighted by molar-refractivity contribution is 7.66. The number of nitrogens with zero attached hydrogens (tertiary/aromatic N) is 2. The lowest BCUT2D eigenvalue weighted by molar-refractivity contribution is -0.136. The molecule has 4 N–H and O–H groups in total. The maximum absolute atomic E-state index is 13.3. The van der Waals surface area contributed by atoms with Crippen molar-refractivity contribution in [2.45, 2.75) is 31.2 Å². The molecule has 5 nitrogen and oxygen atoms in total. The molecule has 0 radical (unpaired) electrons. The van der Waals surface area contributed by atoms with Crippen molar-refractivity contribution in [2.24, 2.45) is 0 Å². The first-order valence-electron chi connectivity index (χ1n) is 7.04. The number of halogens is 3. The lowest BCUT2D eigenvalue weighted by Crippen LogP contribution is -2.15. The van der Waals surface area contributed by atoms with Crippen molar-refractivity contribution in [3.63, 3.8) is 0 Å². The maximum Gasteiger partial charge on any atom is 0.462 e. The zero-order chi connectivity index (χ0) is 18.1. The molecule has 0 fully saturated rings. The smallest absolute Gasteiger partial charge is 0.383 e. The fraction of sp³-hybridized carbons (Fsp3) is 0.333. The number of anilines is 2. The Morgan fingerprint density at radius 2 is 1.83 bits per heavy atom. The number of rotatable bonds is 4. The highest BCUT2D eigenvalue weighted by atomic mass is 32.1. The van der Waals surface area contributed by atoms with E-state index in [0.717, 1.165) is 5.56 Å². The van der Waals surface area contributed by atoms with Crippen LogP contribution in [0.15, 0.2) is 24.3 Å². The molecule has 0 amide bonds. The Hall–Kier alpha value is -2.29. The number of nitrogens with two attached hydrogens (primary N) is 2. The Labute approximate surface area is 140 Å². The molecule has 0 saturated carbocycles. The van der Waals surface area contributed by atoms with Crippen LogP contribution in [0.1, 0.15) is 30.9 Å². The number of alkyl halides is 3. The predicted molar refractivity (Wildman–Crippen MR) is 87.2 cm³/mol. The molecule has 1 aromatic heterocycles. The number of benzene rings is 1. The zero-order valence-corrected chi connectivity index (χ0v) is 13.8. The van der Waals surface area contributed by atoms with Gasteiger partial charge >= 0.3 is 17.8 Å². The summed E-state index contributed by atoms with van der Waals surface area (Å²) >= 11 is 0.446. The minimum Gasteiger partial charge on any atom is -0.383 e. The lowest BCUT2D eigenvalue weighted by atomic mass is 9.94. The third-order valence-corrected chi connectivity index (χ3v) is 4.49. The second-order valence-electron chi connectivity index (χ2n) is 5.40. The molecular weight excluding hydrogens is 341 g/mol. The summed E-state index contributed by atoms with van der Waals surface area (Å²) in [6.07, 6.45) is -4.72. The average molecular weight is 357 g/mol.